The topological polar surface area (TPSA) is 19.4 Å². The molecule has 0 N–H and O–H groups in total. The van der Waals surface area contributed by atoms with Crippen LogP contribution in [0.4, 0.5) is 0 Å². The number of hydrogen-bond acceptors (Lipinski definition) is 4. The summed E-state index contributed by atoms with van der Waals surface area (Å²) in [5.41, 5.74) is 1.01. The van der Waals surface area contributed by atoms with Crippen LogP contribution in [0, 0.1) is 0 Å². The number of rotatable bonds is 4. The van der Waals surface area contributed by atoms with Crippen molar-refractivity contribution in [2.45, 2.75) is 38.2 Å². The monoisotopic (exact) mass is 287 g/mol. The minimum absolute atomic E-state index is 0.454. The lowest BCUT2D eigenvalue weighted by atomic mass is 10.1. The Morgan fingerprint density at radius 1 is 1.56 bits per heavy atom. The van der Waals surface area contributed by atoms with Gasteiger partial charge in [0.15, 0.2) is 0 Å². The molecule has 3 nitrogen and oxygen atoms in total. The maximum atomic E-state index is 5.85. The Bertz CT molecular complexity index is 382. The molecule has 0 aromatic carbocycles. The molecule has 102 valence electrons. The maximum absolute atomic E-state index is 5.85. The van der Waals surface area contributed by atoms with Crippen LogP contribution in [0.2, 0.25) is 0 Å². The SMILES string of the molecule is CCC(c1nc(CCl)cs1)N1CCN(C)CC1C. The van der Waals surface area contributed by atoms with Gasteiger partial charge in [-0.25, -0.2) is 4.98 Å². The molecule has 0 amide bonds. The van der Waals surface area contributed by atoms with Gasteiger partial charge in [-0.05, 0) is 20.4 Å². The molecule has 18 heavy (non-hydrogen) atoms. The van der Waals surface area contributed by atoms with Crippen molar-refractivity contribution in [3.63, 3.8) is 0 Å². The lowest BCUT2D eigenvalue weighted by Gasteiger charge is -2.42. The van der Waals surface area contributed by atoms with Crippen LogP contribution < -0.4 is 0 Å². The molecular formula is C13H22ClN3S. The van der Waals surface area contributed by atoms with Crippen LogP contribution in [-0.4, -0.2) is 47.5 Å². The van der Waals surface area contributed by atoms with E-state index in [0.717, 1.165) is 31.7 Å². The first-order valence-corrected chi connectivity index (χ1v) is 8.01. The van der Waals surface area contributed by atoms with Gasteiger partial charge in [0.05, 0.1) is 17.6 Å². The molecule has 1 aliphatic heterocycles. The van der Waals surface area contributed by atoms with E-state index in [4.69, 9.17) is 11.6 Å². The fourth-order valence-electron chi connectivity index (χ4n) is 2.70. The van der Waals surface area contributed by atoms with E-state index in [2.05, 4.69) is 41.1 Å². The standard InChI is InChI=1S/C13H22ClN3S/c1-4-12(13-15-11(7-14)9-18-13)17-6-5-16(3)8-10(17)2/h9-10,12H,4-8H2,1-3H3. The number of likely N-dealkylation sites (N-methyl/N-ethyl adjacent to an activating group) is 1. The van der Waals surface area contributed by atoms with Crippen LogP contribution in [0.1, 0.15) is 37.0 Å². The van der Waals surface area contributed by atoms with E-state index < -0.39 is 0 Å². The third-order valence-electron chi connectivity index (χ3n) is 3.66. The molecule has 0 spiro atoms. The van der Waals surface area contributed by atoms with Gasteiger partial charge < -0.3 is 4.90 Å². The summed E-state index contributed by atoms with van der Waals surface area (Å²) in [6, 6.07) is 1.05. The number of nitrogens with zero attached hydrogens (tertiary/aromatic N) is 3. The summed E-state index contributed by atoms with van der Waals surface area (Å²) < 4.78 is 0. The minimum atomic E-state index is 0.454. The first-order valence-electron chi connectivity index (χ1n) is 6.60. The van der Waals surface area contributed by atoms with Crippen molar-refractivity contribution in [1.82, 2.24) is 14.8 Å². The summed E-state index contributed by atoms with van der Waals surface area (Å²) in [6.07, 6.45) is 1.11. The molecule has 0 aliphatic carbocycles. The molecule has 0 bridgehead atoms. The van der Waals surface area contributed by atoms with E-state index >= 15 is 0 Å². The zero-order valence-electron chi connectivity index (χ0n) is 11.4. The third-order valence-corrected chi connectivity index (χ3v) is 4.93. The Balaban J connectivity index is 2.12. The van der Waals surface area contributed by atoms with Crippen LogP contribution >= 0.6 is 22.9 Å². The molecule has 1 aromatic heterocycles. The van der Waals surface area contributed by atoms with Gasteiger partial charge in [0, 0.05) is 31.1 Å². The van der Waals surface area contributed by atoms with E-state index in [1.165, 1.54) is 5.01 Å². The summed E-state index contributed by atoms with van der Waals surface area (Å²) in [4.78, 5) is 9.66. The Morgan fingerprint density at radius 3 is 2.89 bits per heavy atom. The molecular weight excluding hydrogens is 266 g/mol. The van der Waals surface area contributed by atoms with Crippen molar-refractivity contribution in [1.29, 1.82) is 0 Å². The van der Waals surface area contributed by atoms with Crippen molar-refractivity contribution in [3.05, 3.63) is 16.1 Å². The largest absolute Gasteiger partial charge is 0.304 e. The second kappa shape index (κ2) is 6.33. The van der Waals surface area contributed by atoms with Crippen LogP contribution in [0.3, 0.4) is 0 Å². The predicted octanol–water partition coefficient (Wildman–Crippen LogP) is 2.97. The van der Waals surface area contributed by atoms with Crippen LogP contribution in [0.25, 0.3) is 0 Å². The maximum Gasteiger partial charge on any atom is 0.110 e. The van der Waals surface area contributed by atoms with Crippen molar-refractivity contribution >= 4 is 22.9 Å². The summed E-state index contributed by atoms with van der Waals surface area (Å²) in [7, 11) is 2.20. The minimum Gasteiger partial charge on any atom is -0.304 e. The predicted molar refractivity (Wildman–Crippen MR) is 78.4 cm³/mol. The molecule has 1 saturated heterocycles. The van der Waals surface area contributed by atoms with Crippen LogP contribution in [0.5, 0.6) is 0 Å². The average molecular weight is 288 g/mol. The van der Waals surface area contributed by atoms with E-state index in [-0.39, 0.29) is 0 Å². The van der Waals surface area contributed by atoms with Crippen LogP contribution in [0.15, 0.2) is 5.38 Å². The van der Waals surface area contributed by atoms with E-state index in [1.54, 1.807) is 11.3 Å². The quantitative estimate of drug-likeness (QED) is 0.794. The molecule has 2 rings (SSSR count). The fraction of sp³-hybridized carbons (Fsp3) is 0.769. The number of aromatic nitrogens is 1. The molecule has 5 heteroatoms. The molecule has 2 atom stereocenters. The van der Waals surface area contributed by atoms with Crippen molar-refractivity contribution in [2.75, 3.05) is 26.7 Å². The molecule has 2 unspecified atom stereocenters. The van der Waals surface area contributed by atoms with Crippen molar-refractivity contribution < 1.29 is 0 Å². The zero-order chi connectivity index (χ0) is 13.1. The van der Waals surface area contributed by atoms with Crippen LogP contribution in [-0.2, 0) is 5.88 Å². The van der Waals surface area contributed by atoms with Gasteiger partial charge in [-0.3, -0.25) is 4.90 Å². The summed E-state index contributed by atoms with van der Waals surface area (Å²) in [5.74, 6) is 0.519. The number of piperazine rings is 1. The first kappa shape index (κ1) is 14.3. The Kier molecular flexibility index (Phi) is 5.01. The van der Waals surface area contributed by atoms with E-state index in [1.807, 2.05) is 0 Å². The molecule has 1 aliphatic rings. The van der Waals surface area contributed by atoms with Gasteiger partial charge in [0.25, 0.3) is 0 Å². The number of alkyl halides is 1. The second-order valence-corrected chi connectivity index (χ2v) is 6.24. The summed E-state index contributed by atoms with van der Waals surface area (Å²) in [5, 5.41) is 3.32. The molecule has 0 radical (unpaired) electrons. The van der Waals surface area contributed by atoms with Gasteiger partial charge >= 0.3 is 0 Å². The number of hydrogen-bond donors (Lipinski definition) is 0. The Morgan fingerprint density at radius 2 is 2.33 bits per heavy atom. The lowest BCUT2D eigenvalue weighted by molar-refractivity contribution is 0.0587. The highest BCUT2D eigenvalue weighted by Crippen LogP contribution is 2.30. The van der Waals surface area contributed by atoms with Gasteiger partial charge in [-0.2, -0.15) is 0 Å². The van der Waals surface area contributed by atoms with Gasteiger partial charge in [-0.15, -0.1) is 22.9 Å². The van der Waals surface area contributed by atoms with E-state index in [0.29, 0.717) is 18.0 Å². The number of thiazole rings is 1. The normalized spacial score (nSPS) is 24.3. The molecule has 1 aromatic rings. The molecule has 2 heterocycles. The summed E-state index contributed by atoms with van der Waals surface area (Å²) >= 11 is 7.60. The smallest absolute Gasteiger partial charge is 0.110 e. The highest BCUT2D eigenvalue weighted by molar-refractivity contribution is 7.09. The van der Waals surface area contributed by atoms with Crippen molar-refractivity contribution in [3.8, 4) is 0 Å². The zero-order valence-corrected chi connectivity index (χ0v) is 13.0. The highest BCUT2D eigenvalue weighted by atomic mass is 35.5. The Hall–Kier alpha value is -0.160. The number of halogens is 1. The molecule has 0 saturated carbocycles. The summed E-state index contributed by atoms with van der Waals surface area (Å²) in [6.45, 7) is 7.98. The second-order valence-electron chi connectivity index (χ2n) is 5.08. The lowest BCUT2D eigenvalue weighted by Crippen LogP contribution is -2.51. The molecule has 1 fully saturated rings. The highest BCUT2D eigenvalue weighted by Gasteiger charge is 2.29. The third kappa shape index (κ3) is 3.05. The van der Waals surface area contributed by atoms with Crippen molar-refractivity contribution in [2.24, 2.45) is 0 Å². The van der Waals surface area contributed by atoms with Gasteiger partial charge in [0.1, 0.15) is 5.01 Å². The first-order chi connectivity index (χ1) is 8.65. The average Bonchev–Trinajstić information content (AvgIpc) is 2.81. The van der Waals surface area contributed by atoms with E-state index in [9.17, 15) is 0 Å². The Labute approximate surface area is 119 Å². The fourth-order valence-corrected chi connectivity index (χ4v) is 3.96. The van der Waals surface area contributed by atoms with Gasteiger partial charge in [-0.1, -0.05) is 6.92 Å². The van der Waals surface area contributed by atoms with Gasteiger partial charge in [0.2, 0.25) is 0 Å².